The molecule has 0 fully saturated rings. The Hall–Kier alpha value is -3.75. The van der Waals surface area contributed by atoms with Crippen LogP contribution in [0.3, 0.4) is 0 Å². The lowest BCUT2D eigenvalue weighted by Crippen LogP contribution is -2.41. The molecule has 0 aliphatic heterocycles. The van der Waals surface area contributed by atoms with E-state index in [4.69, 9.17) is 4.74 Å². The fourth-order valence-corrected chi connectivity index (χ4v) is 2.14. The molecule has 0 atom stereocenters. The van der Waals surface area contributed by atoms with E-state index in [1.165, 1.54) is 0 Å². The van der Waals surface area contributed by atoms with Crippen LogP contribution in [0.1, 0.15) is 43.6 Å². The van der Waals surface area contributed by atoms with Crippen molar-refractivity contribution in [2.24, 2.45) is 0 Å². The number of rotatable bonds is 5. The van der Waals surface area contributed by atoms with Gasteiger partial charge >= 0.3 is 5.97 Å². The molecular formula is C18H17N3O6. The van der Waals surface area contributed by atoms with E-state index in [1.807, 2.05) is 6.92 Å². The maximum Gasteiger partial charge on any atom is 0.338 e. The molecule has 140 valence electrons. The number of non-ortho nitro benzene ring substituents is 1. The Labute approximate surface area is 154 Å². The fraction of sp³-hybridized carbons (Fsp3) is 0.167. The van der Waals surface area contributed by atoms with E-state index in [0.29, 0.717) is 5.56 Å². The molecule has 2 amide bonds. The van der Waals surface area contributed by atoms with E-state index in [2.05, 4.69) is 10.9 Å². The SMILES string of the molecule is CCOC(=O)c1cc(C(=O)NNC(=O)c2ccc(C)cc2)cc([N+](=O)[O-])c1. The van der Waals surface area contributed by atoms with Crippen molar-refractivity contribution in [2.45, 2.75) is 13.8 Å². The summed E-state index contributed by atoms with van der Waals surface area (Å²) in [5, 5.41) is 11.0. The zero-order chi connectivity index (χ0) is 20.0. The maximum absolute atomic E-state index is 12.2. The predicted octanol–water partition coefficient (Wildman–Crippen LogP) is 2.15. The number of nitro groups is 1. The molecule has 0 saturated carbocycles. The van der Waals surface area contributed by atoms with Crippen molar-refractivity contribution in [3.05, 3.63) is 74.8 Å². The fourth-order valence-electron chi connectivity index (χ4n) is 2.14. The molecule has 9 heteroatoms. The first-order valence-electron chi connectivity index (χ1n) is 7.95. The number of amides is 2. The van der Waals surface area contributed by atoms with Gasteiger partial charge in [-0.2, -0.15) is 0 Å². The summed E-state index contributed by atoms with van der Waals surface area (Å²) in [7, 11) is 0. The molecule has 0 bridgehead atoms. The molecule has 27 heavy (non-hydrogen) atoms. The topological polar surface area (TPSA) is 128 Å². The molecular weight excluding hydrogens is 354 g/mol. The second-order valence-electron chi connectivity index (χ2n) is 5.52. The lowest BCUT2D eigenvalue weighted by atomic mass is 10.1. The van der Waals surface area contributed by atoms with Gasteiger partial charge in [-0.25, -0.2) is 4.79 Å². The minimum Gasteiger partial charge on any atom is -0.462 e. The number of carbonyl (C=O) groups excluding carboxylic acids is 3. The summed E-state index contributed by atoms with van der Waals surface area (Å²) >= 11 is 0. The molecule has 0 heterocycles. The van der Waals surface area contributed by atoms with Crippen LogP contribution in [0.5, 0.6) is 0 Å². The standard InChI is InChI=1S/C18H17N3O6/c1-3-27-18(24)14-8-13(9-15(10-14)21(25)26)17(23)20-19-16(22)12-6-4-11(2)5-7-12/h4-10H,3H2,1-2H3,(H,19,22)(H,20,23). The number of benzene rings is 2. The number of hydrogen-bond donors (Lipinski definition) is 2. The van der Waals surface area contributed by atoms with Crippen molar-refractivity contribution in [2.75, 3.05) is 6.61 Å². The molecule has 2 aromatic carbocycles. The zero-order valence-corrected chi connectivity index (χ0v) is 14.6. The van der Waals surface area contributed by atoms with Crippen molar-refractivity contribution in [3.8, 4) is 0 Å². The molecule has 0 saturated heterocycles. The highest BCUT2D eigenvalue weighted by atomic mass is 16.6. The average molecular weight is 371 g/mol. The summed E-state index contributed by atoms with van der Waals surface area (Å²) in [5.74, 6) is -2.16. The largest absolute Gasteiger partial charge is 0.462 e. The minimum absolute atomic E-state index is 0.0790. The summed E-state index contributed by atoms with van der Waals surface area (Å²) in [6.45, 7) is 3.53. The van der Waals surface area contributed by atoms with E-state index in [0.717, 1.165) is 23.8 Å². The van der Waals surface area contributed by atoms with Gasteiger partial charge in [0.05, 0.1) is 17.1 Å². The van der Waals surface area contributed by atoms with Crippen LogP contribution in [0.25, 0.3) is 0 Å². The number of nitrogens with one attached hydrogen (secondary N) is 2. The Bertz CT molecular complexity index is 892. The number of nitro benzene ring substituents is 1. The van der Waals surface area contributed by atoms with Crippen LogP contribution in [0.15, 0.2) is 42.5 Å². The third-order valence-corrected chi connectivity index (χ3v) is 3.51. The van der Waals surface area contributed by atoms with Crippen LogP contribution in [-0.2, 0) is 4.74 Å². The molecule has 0 aliphatic rings. The van der Waals surface area contributed by atoms with E-state index in [9.17, 15) is 24.5 Å². The molecule has 2 N–H and O–H groups in total. The zero-order valence-electron chi connectivity index (χ0n) is 14.6. The minimum atomic E-state index is -0.815. The highest BCUT2D eigenvalue weighted by Crippen LogP contribution is 2.18. The number of hydrogen-bond acceptors (Lipinski definition) is 6. The molecule has 0 spiro atoms. The first kappa shape index (κ1) is 19.6. The number of esters is 1. The summed E-state index contributed by atoms with van der Waals surface area (Å²) in [6.07, 6.45) is 0. The van der Waals surface area contributed by atoms with Crippen molar-refractivity contribution in [1.29, 1.82) is 0 Å². The predicted molar refractivity (Wildman–Crippen MR) is 95.2 cm³/mol. The van der Waals surface area contributed by atoms with Gasteiger partial charge in [-0.05, 0) is 32.0 Å². The summed E-state index contributed by atoms with van der Waals surface area (Å²) in [4.78, 5) is 46.4. The van der Waals surface area contributed by atoms with Crippen LogP contribution in [0.2, 0.25) is 0 Å². The first-order chi connectivity index (χ1) is 12.8. The number of hydrazine groups is 1. The van der Waals surface area contributed by atoms with E-state index < -0.39 is 28.4 Å². The van der Waals surface area contributed by atoms with Gasteiger partial charge in [-0.3, -0.25) is 30.6 Å². The Morgan fingerprint density at radius 3 is 2.07 bits per heavy atom. The van der Waals surface area contributed by atoms with Crippen molar-refractivity contribution < 1.29 is 24.0 Å². The number of ether oxygens (including phenoxy) is 1. The molecule has 0 aliphatic carbocycles. The van der Waals surface area contributed by atoms with Gasteiger partial charge in [0.25, 0.3) is 17.5 Å². The number of carbonyl (C=O) groups is 3. The lowest BCUT2D eigenvalue weighted by Gasteiger charge is -2.09. The van der Waals surface area contributed by atoms with Gasteiger partial charge < -0.3 is 4.74 Å². The van der Waals surface area contributed by atoms with Gasteiger partial charge in [0, 0.05) is 23.3 Å². The van der Waals surface area contributed by atoms with Gasteiger partial charge in [-0.1, -0.05) is 17.7 Å². The van der Waals surface area contributed by atoms with E-state index in [1.54, 1.807) is 31.2 Å². The van der Waals surface area contributed by atoms with Crippen LogP contribution >= 0.6 is 0 Å². The van der Waals surface area contributed by atoms with Crippen molar-refractivity contribution >= 4 is 23.5 Å². The second kappa shape index (κ2) is 8.56. The summed E-state index contributed by atoms with van der Waals surface area (Å²) in [5.41, 5.74) is 4.92. The normalized spacial score (nSPS) is 10.0. The molecule has 2 aromatic rings. The van der Waals surface area contributed by atoms with Crippen molar-refractivity contribution in [3.63, 3.8) is 0 Å². The monoisotopic (exact) mass is 371 g/mol. The summed E-state index contributed by atoms with van der Waals surface area (Å²) in [6, 6.07) is 9.81. The third-order valence-electron chi connectivity index (χ3n) is 3.51. The third kappa shape index (κ3) is 5.11. The van der Waals surface area contributed by atoms with Crippen LogP contribution in [-0.4, -0.2) is 29.3 Å². The number of nitrogens with zero attached hydrogens (tertiary/aromatic N) is 1. The number of aryl methyl sites for hydroxylation is 1. The van der Waals surface area contributed by atoms with Crippen LogP contribution < -0.4 is 10.9 Å². The lowest BCUT2D eigenvalue weighted by molar-refractivity contribution is -0.384. The van der Waals surface area contributed by atoms with E-state index >= 15 is 0 Å². The maximum atomic E-state index is 12.2. The highest BCUT2D eigenvalue weighted by molar-refractivity contribution is 6.01. The Morgan fingerprint density at radius 2 is 1.52 bits per heavy atom. The smallest absolute Gasteiger partial charge is 0.338 e. The molecule has 9 nitrogen and oxygen atoms in total. The van der Waals surface area contributed by atoms with Crippen LogP contribution in [0.4, 0.5) is 5.69 Å². The van der Waals surface area contributed by atoms with Gasteiger partial charge in [0.15, 0.2) is 0 Å². The Kier molecular flexibility index (Phi) is 6.21. The molecule has 0 aromatic heterocycles. The Morgan fingerprint density at radius 1 is 0.963 bits per heavy atom. The van der Waals surface area contributed by atoms with Crippen LogP contribution in [0, 0.1) is 17.0 Å². The van der Waals surface area contributed by atoms with Gasteiger partial charge in [0.2, 0.25) is 0 Å². The Balaban J connectivity index is 2.16. The quantitative estimate of drug-likeness (QED) is 0.471. The van der Waals surface area contributed by atoms with Gasteiger partial charge in [-0.15, -0.1) is 0 Å². The van der Waals surface area contributed by atoms with E-state index in [-0.39, 0.29) is 17.7 Å². The molecule has 0 radical (unpaired) electrons. The first-order valence-corrected chi connectivity index (χ1v) is 7.95. The van der Waals surface area contributed by atoms with Crippen molar-refractivity contribution in [1.82, 2.24) is 10.9 Å². The summed E-state index contributed by atoms with van der Waals surface area (Å²) < 4.78 is 4.80. The highest BCUT2D eigenvalue weighted by Gasteiger charge is 2.19. The molecule has 2 rings (SSSR count). The second-order valence-corrected chi connectivity index (χ2v) is 5.52. The molecule has 0 unspecified atom stereocenters. The van der Waals surface area contributed by atoms with Gasteiger partial charge in [0.1, 0.15) is 0 Å². The average Bonchev–Trinajstić information content (AvgIpc) is 2.66.